The monoisotopic (exact) mass is 419 g/mol. The van der Waals surface area contributed by atoms with E-state index in [4.69, 9.17) is 0 Å². The second kappa shape index (κ2) is 9.33. The van der Waals surface area contributed by atoms with Crippen molar-refractivity contribution in [2.45, 2.75) is 18.9 Å². The first-order valence-electron chi connectivity index (χ1n) is 9.73. The van der Waals surface area contributed by atoms with Crippen molar-refractivity contribution in [2.75, 3.05) is 5.32 Å². The summed E-state index contributed by atoms with van der Waals surface area (Å²) in [6, 6.07) is 23.8. The van der Waals surface area contributed by atoms with Gasteiger partial charge in [-0.05, 0) is 42.7 Å². The minimum Gasteiger partial charge on any atom is -0.340 e. The quantitative estimate of drug-likeness (QED) is 0.435. The minimum absolute atomic E-state index is 0. The molecule has 4 aromatic rings. The van der Waals surface area contributed by atoms with Gasteiger partial charge in [0.1, 0.15) is 6.04 Å². The van der Waals surface area contributed by atoms with Gasteiger partial charge >= 0.3 is 0 Å². The Morgan fingerprint density at radius 3 is 2.43 bits per heavy atom. The van der Waals surface area contributed by atoms with E-state index in [1.54, 1.807) is 29.8 Å². The molecule has 3 aromatic carbocycles. The van der Waals surface area contributed by atoms with E-state index in [-0.39, 0.29) is 14.7 Å². The van der Waals surface area contributed by atoms with Gasteiger partial charge in [0.15, 0.2) is 0 Å². The lowest BCUT2D eigenvalue weighted by Gasteiger charge is -2.19. The number of carbonyl (C=O) groups excluding carboxylic acids is 2. The second-order valence-electron chi connectivity index (χ2n) is 6.91. The number of thiazole rings is 1. The van der Waals surface area contributed by atoms with E-state index in [2.05, 4.69) is 15.6 Å². The zero-order valence-corrected chi connectivity index (χ0v) is 17.1. The summed E-state index contributed by atoms with van der Waals surface area (Å²) in [5.41, 5.74) is 4.95. The van der Waals surface area contributed by atoms with Crippen molar-refractivity contribution in [3.05, 3.63) is 95.5 Å². The lowest BCUT2D eigenvalue weighted by molar-refractivity contribution is -0.118. The molecular weight excluding hydrogens is 394 g/mol. The molecule has 154 valence electrons. The minimum atomic E-state index is -0.666. The molecule has 0 aliphatic carbocycles. The summed E-state index contributed by atoms with van der Waals surface area (Å²) in [6.07, 6.45) is 1.17. The van der Waals surface area contributed by atoms with E-state index in [1.807, 2.05) is 54.6 Å². The van der Waals surface area contributed by atoms with Gasteiger partial charge in [0, 0.05) is 8.42 Å². The van der Waals surface area contributed by atoms with E-state index in [1.165, 1.54) is 11.3 Å². The van der Waals surface area contributed by atoms with Crippen LogP contribution in [0.5, 0.6) is 0 Å². The molecule has 0 spiro atoms. The number of rotatable bonds is 7. The third-order valence-electron chi connectivity index (χ3n) is 4.84. The number of aryl methyl sites for hydroxylation is 1. The van der Waals surface area contributed by atoms with Gasteiger partial charge in [0.2, 0.25) is 5.91 Å². The van der Waals surface area contributed by atoms with Crippen LogP contribution in [0.2, 0.25) is 0 Å². The second-order valence-corrected chi connectivity index (χ2v) is 7.77. The average Bonchev–Trinajstić information content (AvgIpc) is 3.28. The van der Waals surface area contributed by atoms with Gasteiger partial charge < -0.3 is 10.6 Å². The Kier molecular flexibility index (Phi) is 6.15. The maximum Gasteiger partial charge on any atom is 0.251 e. The van der Waals surface area contributed by atoms with Gasteiger partial charge in [-0.2, -0.15) is 0 Å². The van der Waals surface area contributed by atoms with E-state index >= 15 is 0 Å². The zero-order valence-electron chi connectivity index (χ0n) is 16.2. The summed E-state index contributed by atoms with van der Waals surface area (Å²) in [5.74, 6) is -0.504. The molecule has 2 N–H and O–H groups in total. The summed E-state index contributed by atoms with van der Waals surface area (Å²) in [5, 5.41) is 5.88. The molecule has 1 heterocycles. The standard InChI is InChI=1S/C24H21N3O2S.2H2/c28-23(18-10-5-2-6-11-18)27-21(15-14-17-8-3-1-4-9-17)24(29)26-20-13-7-12-19-22(20)30-16-25-19;;/h1-13,16,21H,14-15H2,(H,26,29)(H,27,28);2*1H. The molecule has 30 heavy (non-hydrogen) atoms. The molecule has 6 heteroatoms. The lowest BCUT2D eigenvalue weighted by Crippen LogP contribution is -2.44. The molecule has 1 aromatic heterocycles. The summed E-state index contributed by atoms with van der Waals surface area (Å²) < 4.78 is 0.919. The maximum atomic E-state index is 13.1. The fraction of sp³-hybridized carbons (Fsp3) is 0.125. The van der Waals surface area contributed by atoms with Gasteiger partial charge in [0.25, 0.3) is 5.91 Å². The van der Waals surface area contributed by atoms with Crippen LogP contribution in [-0.4, -0.2) is 22.8 Å². The van der Waals surface area contributed by atoms with Crippen LogP contribution >= 0.6 is 11.3 Å². The molecule has 0 saturated heterocycles. The van der Waals surface area contributed by atoms with Crippen molar-refractivity contribution in [1.82, 2.24) is 10.3 Å². The largest absolute Gasteiger partial charge is 0.340 e. The Morgan fingerprint density at radius 1 is 0.933 bits per heavy atom. The highest BCUT2D eigenvalue weighted by atomic mass is 32.1. The number of amides is 2. The number of carbonyl (C=O) groups is 2. The van der Waals surface area contributed by atoms with Crippen LogP contribution in [0, 0.1) is 0 Å². The third-order valence-corrected chi connectivity index (χ3v) is 5.71. The fourth-order valence-corrected chi connectivity index (χ4v) is 4.02. The van der Waals surface area contributed by atoms with Gasteiger partial charge in [-0.15, -0.1) is 11.3 Å². The van der Waals surface area contributed by atoms with Crippen LogP contribution in [-0.2, 0) is 11.2 Å². The van der Waals surface area contributed by atoms with Crippen LogP contribution in [0.15, 0.2) is 84.4 Å². The van der Waals surface area contributed by atoms with E-state index < -0.39 is 6.04 Å². The fourth-order valence-electron chi connectivity index (χ4n) is 3.26. The van der Waals surface area contributed by atoms with E-state index in [0.29, 0.717) is 24.1 Å². The van der Waals surface area contributed by atoms with Crippen LogP contribution < -0.4 is 10.6 Å². The Bertz CT molecular complexity index is 1150. The molecule has 0 bridgehead atoms. The number of fused-ring (bicyclic) bond motifs is 1. The van der Waals surface area contributed by atoms with Gasteiger partial charge in [0.05, 0.1) is 21.4 Å². The highest BCUT2D eigenvalue weighted by Crippen LogP contribution is 2.26. The predicted octanol–water partition coefficient (Wildman–Crippen LogP) is 5.16. The Balaban J connectivity index is 0.00000181. The molecule has 0 radical (unpaired) electrons. The van der Waals surface area contributed by atoms with Gasteiger partial charge in [-0.1, -0.05) is 54.6 Å². The normalized spacial score (nSPS) is 11.7. The van der Waals surface area contributed by atoms with Crippen molar-refractivity contribution in [2.24, 2.45) is 0 Å². The smallest absolute Gasteiger partial charge is 0.251 e. The van der Waals surface area contributed by atoms with Crippen molar-refractivity contribution >= 4 is 39.1 Å². The summed E-state index contributed by atoms with van der Waals surface area (Å²) >= 11 is 1.48. The van der Waals surface area contributed by atoms with E-state index in [9.17, 15) is 9.59 Å². The third kappa shape index (κ3) is 4.72. The van der Waals surface area contributed by atoms with Gasteiger partial charge in [-0.25, -0.2) is 4.98 Å². The van der Waals surface area contributed by atoms with E-state index in [0.717, 1.165) is 15.8 Å². The van der Waals surface area contributed by atoms with Crippen LogP contribution in [0.25, 0.3) is 10.2 Å². The number of anilines is 1. The molecule has 2 amide bonds. The molecular formula is C24H25N3O2S. The molecule has 0 aliphatic heterocycles. The first-order chi connectivity index (χ1) is 14.7. The predicted molar refractivity (Wildman–Crippen MR) is 125 cm³/mol. The van der Waals surface area contributed by atoms with Crippen molar-refractivity contribution < 1.29 is 12.4 Å². The first kappa shape index (κ1) is 19.8. The van der Waals surface area contributed by atoms with Crippen molar-refractivity contribution in [3.63, 3.8) is 0 Å². The number of aromatic nitrogens is 1. The molecule has 5 nitrogen and oxygen atoms in total. The molecule has 0 fully saturated rings. The zero-order chi connectivity index (χ0) is 20.8. The Morgan fingerprint density at radius 2 is 1.67 bits per heavy atom. The highest BCUT2D eigenvalue weighted by molar-refractivity contribution is 7.17. The maximum absolute atomic E-state index is 13.1. The molecule has 0 saturated carbocycles. The number of benzene rings is 3. The van der Waals surface area contributed by atoms with Crippen LogP contribution in [0.1, 0.15) is 25.2 Å². The summed E-state index contributed by atoms with van der Waals surface area (Å²) in [6.45, 7) is 0. The summed E-state index contributed by atoms with van der Waals surface area (Å²) in [7, 11) is 0. The molecule has 0 aliphatic rings. The Labute approximate surface area is 181 Å². The number of hydrogen-bond donors (Lipinski definition) is 2. The number of nitrogens with one attached hydrogen (secondary N) is 2. The molecule has 4 rings (SSSR count). The van der Waals surface area contributed by atoms with Crippen LogP contribution in [0.3, 0.4) is 0 Å². The van der Waals surface area contributed by atoms with Crippen molar-refractivity contribution in [3.8, 4) is 0 Å². The molecule has 1 unspecified atom stereocenters. The van der Waals surface area contributed by atoms with Crippen molar-refractivity contribution in [1.29, 1.82) is 0 Å². The Hall–Kier alpha value is -3.51. The number of nitrogens with zero attached hydrogens (tertiary/aromatic N) is 1. The van der Waals surface area contributed by atoms with Crippen LogP contribution in [0.4, 0.5) is 5.69 Å². The SMILES string of the molecule is O=C(NC(CCc1ccccc1)C(=O)Nc1cccc2ncsc12)c1ccccc1.[HH].[HH]. The average molecular weight is 420 g/mol. The number of hydrogen-bond acceptors (Lipinski definition) is 4. The summed E-state index contributed by atoms with van der Waals surface area (Å²) in [4.78, 5) is 30.1. The van der Waals surface area contributed by atoms with Gasteiger partial charge in [-0.3, -0.25) is 9.59 Å². The molecule has 1 atom stereocenters. The first-order valence-corrected chi connectivity index (χ1v) is 10.6. The highest BCUT2D eigenvalue weighted by Gasteiger charge is 2.22. The topological polar surface area (TPSA) is 71.1 Å². The lowest BCUT2D eigenvalue weighted by atomic mass is 10.0.